The number of piperidine rings is 4. The van der Waals surface area contributed by atoms with Crippen LogP contribution in [0.3, 0.4) is 0 Å². The Morgan fingerprint density at radius 3 is 0.825 bits per heavy atom. The fraction of sp³-hybridized carbons (Fsp3) is 0.415. The van der Waals surface area contributed by atoms with Gasteiger partial charge < -0.3 is 73.9 Å². The molecule has 8 heterocycles. The highest BCUT2D eigenvalue weighted by atomic mass is 32.1. The smallest absolute Gasteiger partial charge is 0.410 e. The SMILES string of the molecule is CC(C)(C)OC(=O)N1CCC(O)CC1.[C-]#[N+]c1ccc(N2C(=O)C(C)(C)N(c3ccc(O)c(F)c3)C2=S)cc1C.[C-]#[N+]c1ccc(N2C(=O)C(C)(C)N(c3ccc(OC4CCN(C(=O)OC(C)(C)C)CC4)c(F)c3)C2=S)cc1C.[C-]#[N+]c1ccc(N2C(=O)C(C)(C)N(c3ccc(OC4CCNCC4)c(F)c3)C2=S)cc1C.[C-]#[N+]c1ccc(N2C(=O)C(C)(C)N(c3ccc(OC4CCNCC4)c(F)c3)C2=S)cc1C. The van der Waals surface area contributed by atoms with Crippen molar-refractivity contribution in [3.05, 3.63) is 237 Å². The van der Waals surface area contributed by atoms with Crippen molar-refractivity contribution in [2.24, 2.45) is 0 Å². The summed E-state index contributed by atoms with van der Waals surface area (Å²) in [7, 11) is 0. The van der Waals surface area contributed by atoms with Gasteiger partial charge in [0.2, 0.25) is 0 Å². The number of aliphatic hydroxyl groups is 1. The number of nitrogens with zero attached hydrogens (tertiary/aromatic N) is 14. The van der Waals surface area contributed by atoms with Gasteiger partial charge in [-0.05, 0) is 358 Å². The number of amides is 6. The normalized spacial score (nSPS) is 18.1. The molecule has 8 aliphatic heterocycles. The number of aromatic hydroxyl groups is 1. The molecule has 0 bridgehead atoms. The van der Waals surface area contributed by atoms with Gasteiger partial charge in [0, 0.05) is 109 Å². The van der Waals surface area contributed by atoms with Crippen LogP contribution in [0.1, 0.15) is 171 Å². The number of aliphatic hydroxyl groups excluding tert-OH is 1. The molecule has 6 amide bonds. The van der Waals surface area contributed by atoms with Crippen molar-refractivity contribution in [1.82, 2.24) is 20.4 Å². The summed E-state index contributed by atoms with van der Waals surface area (Å²) in [6.07, 6.45) is 4.58. The van der Waals surface area contributed by atoms with Crippen LogP contribution in [0.15, 0.2) is 146 Å². The number of ether oxygens (including phenoxy) is 5. The zero-order valence-electron chi connectivity index (χ0n) is 83.3. The first-order chi connectivity index (χ1) is 67.3. The fourth-order valence-electron chi connectivity index (χ4n) is 17.5. The summed E-state index contributed by atoms with van der Waals surface area (Å²) in [5.74, 6) is -3.21. The van der Waals surface area contributed by atoms with Crippen LogP contribution in [0, 0.1) is 77.3 Å². The van der Waals surface area contributed by atoms with Crippen molar-refractivity contribution in [3.8, 4) is 23.0 Å². The van der Waals surface area contributed by atoms with Crippen LogP contribution in [0.25, 0.3) is 19.4 Å². The Balaban J connectivity index is 0.000000164. The Labute approximate surface area is 853 Å². The average molecular weight is 2030 g/mol. The number of carbonyl (C=O) groups excluding carboxylic acids is 6. The monoisotopic (exact) mass is 2030 g/mol. The van der Waals surface area contributed by atoms with Gasteiger partial charge >= 0.3 is 12.2 Å². The van der Waals surface area contributed by atoms with Crippen LogP contribution >= 0.6 is 48.9 Å². The molecule has 0 aromatic heterocycles. The molecule has 752 valence electrons. The van der Waals surface area contributed by atoms with Crippen LogP contribution in [0.2, 0.25) is 0 Å². The number of phenols is 1. The van der Waals surface area contributed by atoms with Crippen molar-refractivity contribution in [3.63, 3.8) is 0 Å². The highest BCUT2D eigenvalue weighted by molar-refractivity contribution is 7.81. The molecule has 0 atom stereocenters. The second-order valence-corrected chi connectivity index (χ2v) is 41.2. The molecule has 4 N–H and O–H groups in total. The topological polar surface area (TPSA) is 263 Å². The Kier molecular flexibility index (Phi) is 33.4. The van der Waals surface area contributed by atoms with Gasteiger partial charge in [-0.15, -0.1) is 0 Å². The number of halogens is 4. The molecule has 8 fully saturated rings. The van der Waals surface area contributed by atoms with Crippen molar-refractivity contribution >= 4 is 173 Å². The molecule has 0 saturated carbocycles. The molecule has 8 aliphatic rings. The van der Waals surface area contributed by atoms with Gasteiger partial charge in [0.15, 0.2) is 89.5 Å². The minimum Gasteiger partial charge on any atom is -0.505 e. The van der Waals surface area contributed by atoms with E-state index in [0.717, 1.165) is 80.2 Å². The third-order valence-corrected chi connectivity index (χ3v) is 26.7. The molecule has 37 heteroatoms. The Morgan fingerprint density at radius 1 is 0.364 bits per heavy atom. The van der Waals surface area contributed by atoms with Gasteiger partial charge in [0.25, 0.3) is 23.6 Å². The van der Waals surface area contributed by atoms with Gasteiger partial charge in [0.1, 0.15) is 51.7 Å². The quantitative estimate of drug-likeness (QED) is 0.0448. The highest BCUT2D eigenvalue weighted by Crippen LogP contribution is 2.46. The zero-order valence-corrected chi connectivity index (χ0v) is 86.5. The molecule has 8 aromatic rings. The molecule has 8 saturated heterocycles. The number of rotatable bonds is 14. The van der Waals surface area contributed by atoms with Gasteiger partial charge in [-0.25, -0.2) is 46.5 Å². The maximum atomic E-state index is 15.3. The van der Waals surface area contributed by atoms with Crippen LogP contribution in [-0.4, -0.2) is 186 Å². The molecule has 0 radical (unpaired) electrons. The third kappa shape index (κ3) is 24.0. The number of hydrogen-bond donors (Lipinski definition) is 4. The molecule has 16 rings (SSSR count). The molecule has 143 heavy (non-hydrogen) atoms. The van der Waals surface area contributed by atoms with Gasteiger partial charge in [-0.1, -0.05) is 24.3 Å². The second-order valence-electron chi connectivity index (χ2n) is 39.7. The molecule has 8 aromatic carbocycles. The summed E-state index contributed by atoms with van der Waals surface area (Å²) >= 11 is 22.6. The summed E-state index contributed by atoms with van der Waals surface area (Å²) in [6, 6.07) is 38.3. The Bertz CT molecular complexity index is 6290. The first kappa shape index (κ1) is 108. The molecular formula is C106H118F4N16O13S4. The van der Waals surface area contributed by atoms with Crippen molar-refractivity contribution in [2.45, 2.75) is 234 Å². The Hall–Kier alpha value is -13.5. The number of aryl methyl sites for hydroxylation is 4. The fourth-order valence-corrected chi connectivity index (χ4v) is 19.6. The van der Waals surface area contributed by atoms with Gasteiger partial charge in [-0.3, -0.25) is 38.8 Å². The van der Waals surface area contributed by atoms with Gasteiger partial charge in [-0.2, -0.15) is 0 Å². The summed E-state index contributed by atoms with van der Waals surface area (Å²) in [5.41, 5.74) is 4.00. The average Bonchev–Trinajstić information content (AvgIpc) is 1.60. The lowest BCUT2D eigenvalue weighted by atomic mass is 10.0. The number of benzene rings is 8. The Morgan fingerprint density at radius 2 is 0.594 bits per heavy atom. The van der Waals surface area contributed by atoms with E-state index >= 15 is 4.39 Å². The van der Waals surface area contributed by atoms with E-state index in [0.29, 0.717) is 120 Å². The summed E-state index contributed by atoms with van der Waals surface area (Å²) in [6.45, 7) is 66.6. The predicted molar refractivity (Wildman–Crippen MR) is 561 cm³/mol. The van der Waals surface area contributed by atoms with Gasteiger partial charge in [0.05, 0.1) is 32.4 Å². The first-order valence-corrected chi connectivity index (χ1v) is 48.5. The molecule has 0 unspecified atom stereocenters. The standard InChI is InChI=1S/C29H33FN4O4S.2C24H25FN4O2S.C19H16FN3O2S.C10H19NO3/c1-18-16-19(8-10-23(18)31-7)33-25(35)29(5,6)34(26(33)39)20-9-11-24(22(30)17-20)37-21-12-14-32(15-13-21)27(36)38-28(2,3)4;2*1-15-13-16(5-7-20(15)26-4)28-22(30)24(2,3)29(23(28)32)17-6-8-21(19(25)14-17)31-18-9-11-27-12-10-18;1-11-9-12(5-7-15(11)21-4)22-17(25)19(2,3)23(18(22)26)13-6-8-16(24)14(20)10-13;1-10(2,3)14-9(13)11-6-4-8(12)5-7-11/h8-11,16-17,21H,12-15H2,1-6H3;2*5-8,13-14,18,27H,9-12H2,1-3H3;5-10,24H,1-3H3;8,12H,4-7H2,1-3H3. The second kappa shape index (κ2) is 44.2. The van der Waals surface area contributed by atoms with Crippen molar-refractivity contribution in [1.29, 1.82) is 0 Å². The van der Waals surface area contributed by atoms with E-state index in [1.165, 1.54) is 49.9 Å². The molecule has 0 aliphatic carbocycles. The maximum Gasteiger partial charge on any atom is 0.410 e. The molecule has 29 nitrogen and oxygen atoms in total. The van der Waals surface area contributed by atoms with E-state index in [1.54, 1.807) is 208 Å². The number of carbonyl (C=O) groups is 6. The largest absolute Gasteiger partial charge is 0.505 e. The van der Waals surface area contributed by atoms with Crippen LogP contribution in [0.5, 0.6) is 23.0 Å². The lowest BCUT2D eigenvalue weighted by Crippen LogP contribution is -2.44. The van der Waals surface area contributed by atoms with Crippen LogP contribution in [-0.2, 0) is 28.7 Å². The van der Waals surface area contributed by atoms with E-state index in [-0.39, 0.29) is 97.9 Å². The lowest BCUT2D eigenvalue weighted by Gasteiger charge is -2.33. The molecular weight excluding hydrogens is 1910 g/mol. The number of hydrogen-bond acceptors (Lipinski definition) is 19. The number of phenolic OH excluding ortho intramolecular Hbond substituents is 1. The number of anilines is 8. The number of thiocarbonyl (C=S) groups is 4. The highest BCUT2D eigenvalue weighted by Gasteiger charge is 2.55. The third-order valence-electron chi connectivity index (χ3n) is 25.3. The van der Waals surface area contributed by atoms with E-state index < -0.39 is 62.4 Å². The van der Waals surface area contributed by atoms with E-state index in [9.17, 15) is 52.2 Å². The van der Waals surface area contributed by atoms with Crippen molar-refractivity contribution < 1.29 is 80.2 Å². The van der Waals surface area contributed by atoms with Crippen LogP contribution in [0.4, 0.5) is 95.4 Å². The van der Waals surface area contributed by atoms with Crippen molar-refractivity contribution in [2.75, 3.05) is 91.6 Å². The molecule has 0 spiro atoms. The lowest BCUT2D eigenvalue weighted by molar-refractivity contribution is -0.121. The first-order valence-electron chi connectivity index (χ1n) is 46.9. The summed E-state index contributed by atoms with van der Waals surface area (Å²) in [5, 5.41) is 26.2. The minimum absolute atomic E-state index is 0.0142. The number of nitrogens with one attached hydrogen (secondary N) is 2. The van der Waals surface area contributed by atoms with Crippen LogP contribution < -0.4 is 64.0 Å². The van der Waals surface area contributed by atoms with E-state index in [4.69, 9.17) is 98.8 Å². The van der Waals surface area contributed by atoms with E-state index in [1.807, 2.05) is 55.4 Å². The zero-order chi connectivity index (χ0) is 105. The maximum absolute atomic E-state index is 15.3. The summed E-state index contributed by atoms with van der Waals surface area (Å²) in [4.78, 5) is 106. The minimum atomic E-state index is -1.06. The summed E-state index contributed by atoms with van der Waals surface area (Å²) < 4.78 is 87.3. The van der Waals surface area contributed by atoms with E-state index in [2.05, 4.69) is 30.0 Å². The number of likely N-dealkylation sites (tertiary alicyclic amines) is 2. The predicted octanol–water partition coefficient (Wildman–Crippen LogP) is 21.5.